The highest BCUT2D eigenvalue weighted by Gasteiger charge is 2.25. The molecule has 2 heterocycles. The zero-order chi connectivity index (χ0) is 19.5. The number of nitrogens with one attached hydrogen (secondary N) is 1. The first kappa shape index (κ1) is 18.2. The Morgan fingerprint density at radius 1 is 1.21 bits per heavy atom. The average molecular weight is 377 g/mol. The van der Waals surface area contributed by atoms with Crippen molar-refractivity contribution in [3.8, 4) is 17.0 Å². The molecule has 4 rings (SSSR count). The normalized spacial score (nSPS) is 13.4. The van der Waals surface area contributed by atoms with Gasteiger partial charge in [0.2, 0.25) is 0 Å². The summed E-state index contributed by atoms with van der Waals surface area (Å²) in [5, 5.41) is 7.39. The van der Waals surface area contributed by atoms with Crippen LogP contribution in [0.1, 0.15) is 47.6 Å². The van der Waals surface area contributed by atoms with Gasteiger partial charge in [-0.05, 0) is 56.2 Å². The molecule has 0 bridgehead atoms. The van der Waals surface area contributed by atoms with Crippen LogP contribution in [-0.2, 0) is 13.6 Å². The van der Waals surface area contributed by atoms with Gasteiger partial charge in [0.15, 0.2) is 0 Å². The molecular formula is C21H23N5O2. The second-order valence-corrected chi connectivity index (χ2v) is 6.89. The Hall–Kier alpha value is -3.22. The summed E-state index contributed by atoms with van der Waals surface area (Å²) >= 11 is 0. The molecule has 1 saturated carbocycles. The monoisotopic (exact) mass is 377 g/mol. The van der Waals surface area contributed by atoms with Crippen LogP contribution in [0.3, 0.4) is 0 Å². The maximum atomic E-state index is 12.6. The number of amides is 1. The van der Waals surface area contributed by atoms with E-state index in [0.717, 1.165) is 28.4 Å². The maximum Gasteiger partial charge on any atom is 0.269 e. The van der Waals surface area contributed by atoms with E-state index >= 15 is 0 Å². The Kier molecular flexibility index (Phi) is 5.06. The van der Waals surface area contributed by atoms with E-state index in [1.807, 2.05) is 37.3 Å². The van der Waals surface area contributed by atoms with Gasteiger partial charge in [0.25, 0.3) is 5.91 Å². The fraction of sp³-hybridized carbons (Fsp3) is 0.333. The molecular weight excluding hydrogens is 354 g/mol. The Morgan fingerprint density at radius 3 is 2.71 bits per heavy atom. The molecule has 1 aromatic carbocycles. The van der Waals surface area contributed by atoms with Crippen LogP contribution in [0.15, 0.2) is 42.7 Å². The van der Waals surface area contributed by atoms with Crippen molar-refractivity contribution in [1.29, 1.82) is 0 Å². The van der Waals surface area contributed by atoms with Gasteiger partial charge in [-0.1, -0.05) is 0 Å². The van der Waals surface area contributed by atoms with E-state index in [1.54, 1.807) is 24.1 Å². The third kappa shape index (κ3) is 4.03. The van der Waals surface area contributed by atoms with Crippen molar-refractivity contribution >= 4 is 5.91 Å². The van der Waals surface area contributed by atoms with Crippen molar-refractivity contribution in [2.45, 2.75) is 32.2 Å². The van der Waals surface area contributed by atoms with Crippen LogP contribution < -0.4 is 10.1 Å². The first-order valence-corrected chi connectivity index (χ1v) is 9.50. The molecule has 1 amide bonds. The first-order valence-electron chi connectivity index (χ1n) is 9.50. The number of aryl methyl sites for hydroxylation is 1. The summed E-state index contributed by atoms with van der Waals surface area (Å²) in [7, 11) is 1.77. The summed E-state index contributed by atoms with van der Waals surface area (Å²) in [6.45, 7) is 2.94. The van der Waals surface area contributed by atoms with Crippen molar-refractivity contribution in [3.05, 3.63) is 59.8 Å². The third-order valence-electron chi connectivity index (χ3n) is 4.74. The predicted octanol–water partition coefficient (Wildman–Crippen LogP) is 3.08. The summed E-state index contributed by atoms with van der Waals surface area (Å²) in [5.74, 6) is 1.19. The maximum absolute atomic E-state index is 12.6. The standard InChI is InChI=1S/C21H23N5O2/c1-3-28-17-8-6-15(7-9-17)19-11-20(26(2)25-19)21(27)22-12-16-10-18(14-4-5-14)24-13-23-16/h6-11,13-14H,3-5,12H2,1-2H3,(H,22,27). The molecule has 0 radical (unpaired) electrons. The van der Waals surface area contributed by atoms with Gasteiger partial charge in [-0.15, -0.1) is 0 Å². The SMILES string of the molecule is CCOc1ccc(-c2cc(C(=O)NCc3cc(C4CC4)ncn3)n(C)n2)cc1. The van der Waals surface area contributed by atoms with Crippen molar-refractivity contribution in [2.75, 3.05) is 6.61 Å². The summed E-state index contributed by atoms with van der Waals surface area (Å²) in [4.78, 5) is 21.2. The molecule has 0 saturated heterocycles. The molecule has 1 aliphatic rings. The molecule has 3 aromatic rings. The number of aromatic nitrogens is 4. The van der Waals surface area contributed by atoms with Crippen molar-refractivity contribution in [2.24, 2.45) is 7.05 Å². The van der Waals surface area contributed by atoms with E-state index in [1.165, 1.54) is 12.8 Å². The van der Waals surface area contributed by atoms with Gasteiger partial charge in [0.1, 0.15) is 17.8 Å². The van der Waals surface area contributed by atoms with E-state index in [2.05, 4.69) is 20.4 Å². The zero-order valence-electron chi connectivity index (χ0n) is 16.1. The molecule has 0 spiro atoms. The minimum atomic E-state index is -0.182. The molecule has 2 aromatic heterocycles. The van der Waals surface area contributed by atoms with Crippen LogP contribution in [0.4, 0.5) is 0 Å². The quantitative estimate of drug-likeness (QED) is 0.684. The highest BCUT2D eigenvalue weighted by molar-refractivity contribution is 5.93. The molecule has 144 valence electrons. The fourth-order valence-electron chi connectivity index (χ4n) is 3.08. The zero-order valence-corrected chi connectivity index (χ0v) is 16.1. The fourth-order valence-corrected chi connectivity index (χ4v) is 3.08. The van der Waals surface area contributed by atoms with E-state index in [9.17, 15) is 4.79 Å². The van der Waals surface area contributed by atoms with Gasteiger partial charge in [-0.2, -0.15) is 5.10 Å². The second kappa shape index (κ2) is 7.80. The highest BCUT2D eigenvalue weighted by Crippen LogP contribution is 2.38. The average Bonchev–Trinajstić information content (AvgIpc) is 3.49. The summed E-state index contributed by atoms with van der Waals surface area (Å²) in [5.41, 5.74) is 4.06. The Bertz CT molecular complexity index is 977. The van der Waals surface area contributed by atoms with Crippen LogP contribution in [0.5, 0.6) is 5.75 Å². The number of hydrogen-bond acceptors (Lipinski definition) is 5. The Labute approximate surface area is 163 Å². The second-order valence-electron chi connectivity index (χ2n) is 6.89. The van der Waals surface area contributed by atoms with Gasteiger partial charge in [0.05, 0.1) is 24.5 Å². The van der Waals surface area contributed by atoms with Gasteiger partial charge in [-0.3, -0.25) is 9.48 Å². The Morgan fingerprint density at radius 2 is 2.00 bits per heavy atom. The number of benzene rings is 1. The highest BCUT2D eigenvalue weighted by atomic mass is 16.5. The lowest BCUT2D eigenvalue weighted by atomic mass is 10.1. The lowest BCUT2D eigenvalue weighted by molar-refractivity contribution is 0.0941. The molecule has 1 fully saturated rings. The lowest BCUT2D eigenvalue weighted by Gasteiger charge is -2.06. The molecule has 0 unspecified atom stereocenters. The van der Waals surface area contributed by atoms with E-state index < -0.39 is 0 Å². The van der Waals surface area contributed by atoms with Crippen molar-refractivity contribution in [3.63, 3.8) is 0 Å². The van der Waals surface area contributed by atoms with Crippen LogP contribution in [0, 0.1) is 0 Å². The van der Waals surface area contributed by atoms with Gasteiger partial charge >= 0.3 is 0 Å². The van der Waals surface area contributed by atoms with Crippen LogP contribution in [-0.4, -0.2) is 32.3 Å². The minimum Gasteiger partial charge on any atom is -0.494 e. The van der Waals surface area contributed by atoms with Crippen LogP contribution >= 0.6 is 0 Å². The number of nitrogens with zero attached hydrogens (tertiary/aromatic N) is 4. The molecule has 0 aliphatic heterocycles. The van der Waals surface area contributed by atoms with Gasteiger partial charge in [0, 0.05) is 24.2 Å². The lowest BCUT2D eigenvalue weighted by Crippen LogP contribution is -2.25. The molecule has 7 heteroatoms. The van der Waals surface area contributed by atoms with E-state index in [4.69, 9.17) is 4.74 Å². The summed E-state index contributed by atoms with van der Waals surface area (Å²) in [6.07, 6.45) is 3.95. The third-order valence-corrected chi connectivity index (χ3v) is 4.74. The summed E-state index contributed by atoms with van der Waals surface area (Å²) < 4.78 is 7.06. The predicted molar refractivity (Wildman–Crippen MR) is 105 cm³/mol. The first-order chi connectivity index (χ1) is 13.6. The van der Waals surface area contributed by atoms with Gasteiger partial charge < -0.3 is 10.1 Å². The summed E-state index contributed by atoms with van der Waals surface area (Å²) in [6, 6.07) is 11.5. The minimum absolute atomic E-state index is 0.182. The number of carbonyl (C=O) groups is 1. The number of ether oxygens (including phenoxy) is 1. The molecule has 0 atom stereocenters. The number of carbonyl (C=O) groups excluding carboxylic acids is 1. The smallest absolute Gasteiger partial charge is 0.269 e. The number of hydrogen-bond donors (Lipinski definition) is 1. The molecule has 1 aliphatic carbocycles. The Balaban J connectivity index is 1.43. The van der Waals surface area contributed by atoms with Crippen LogP contribution in [0.2, 0.25) is 0 Å². The van der Waals surface area contributed by atoms with Crippen LogP contribution in [0.25, 0.3) is 11.3 Å². The van der Waals surface area contributed by atoms with Crippen molar-refractivity contribution in [1.82, 2.24) is 25.1 Å². The van der Waals surface area contributed by atoms with E-state index in [0.29, 0.717) is 24.8 Å². The molecule has 28 heavy (non-hydrogen) atoms. The topological polar surface area (TPSA) is 81.9 Å². The molecule has 7 nitrogen and oxygen atoms in total. The van der Waals surface area contributed by atoms with Crippen molar-refractivity contribution < 1.29 is 9.53 Å². The largest absolute Gasteiger partial charge is 0.494 e. The molecule has 1 N–H and O–H groups in total. The number of rotatable bonds is 7. The van der Waals surface area contributed by atoms with E-state index in [-0.39, 0.29) is 5.91 Å². The van der Waals surface area contributed by atoms with Gasteiger partial charge in [-0.25, -0.2) is 9.97 Å².